The molecule has 1 aliphatic heterocycles. The number of likely N-dealkylation sites (N-methyl/N-ethyl adjacent to an activating group) is 7. The third kappa shape index (κ3) is 21.7. The molecule has 0 saturated carbocycles. The van der Waals surface area contributed by atoms with Gasteiger partial charge in [-0.05, 0) is 101 Å². The van der Waals surface area contributed by atoms with Crippen LogP contribution in [-0.4, -0.2) is 227 Å². The largest absolute Gasteiger partial charge is 0.390 e. The zero-order chi connectivity index (χ0) is 66.0. The molecular formula is C62H111N11O12. The van der Waals surface area contributed by atoms with Gasteiger partial charge in [-0.15, -0.1) is 0 Å². The molecule has 5 N–H and O–H groups in total. The van der Waals surface area contributed by atoms with Gasteiger partial charge in [0.25, 0.3) is 0 Å². The predicted molar refractivity (Wildman–Crippen MR) is 328 cm³/mol. The standard InChI is InChI=1S/C62H111N11O12/c1-25-27-28-40(15)52(75)51-56(79)65-43(26-2)58(81)67(18)33-48(74)68(19)44(29-34(3)4)55(78)66-49(38(11)12)61(84)69(20)45(30-35(5)6)54(77)63-41(16)53(76)64-42(17)57(80)70(21)46(31-36(7)8)59(82)71(22)47(32-37(9)10)60(83)72(23)50(39(13)14)62(85)73(51)24/h25,27,34-47,49-52,75H,26,28-33H2,1-24H3,(H,63,77)(H,64,76)(H,65,79)(H,66,78)/b27-25+/t40-,41+,42-,43+,44+,45+,46-,47?,49+,50+,51+,52+/m1/s1. The van der Waals surface area contributed by atoms with Crippen molar-refractivity contribution < 1.29 is 57.8 Å². The van der Waals surface area contributed by atoms with Crippen LogP contribution in [0.5, 0.6) is 0 Å². The summed E-state index contributed by atoms with van der Waals surface area (Å²) in [5.74, 6) is -9.71. The number of carbonyl (C=O) groups excluding carboxylic acids is 11. The highest BCUT2D eigenvalue weighted by atomic mass is 16.3. The van der Waals surface area contributed by atoms with Crippen molar-refractivity contribution in [3.63, 3.8) is 0 Å². The van der Waals surface area contributed by atoms with Gasteiger partial charge in [-0.1, -0.05) is 109 Å². The van der Waals surface area contributed by atoms with Crippen molar-refractivity contribution in [2.24, 2.45) is 41.4 Å². The van der Waals surface area contributed by atoms with Crippen LogP contribution in [0.15, 0.2) is 12.2 Å². The van der Waals surface area contributed by atoms with Crippen LogP contribution in [0.25, 0.3) is 0 Å². The first-order chi connectivity index (χ1) is 39.2. The lowest BCUT2D eigenvalue weighted by Crippen LogP contribution is -2.63. The number of hydrogen-bond donors (Lipinski definition) is 5. The van der Waals surface area contributed by atoms with Crippen molar-refractivity contribution >= 4 is 65.0 Å². The second-order valence-corrected chi connectivity index (χ2v) is 26.1. The number of allylic oxidation sites excluding steroid dienone is 2. The van der Waals surface area contributed by atoms with Crippen molar-refractivity contribution in [1.29, 1.82) is 0 Å². The summed E-state index contributed by atoms with van der Waals surface area (Å²) >= 11 is 0. The van der Waals surface area contributed by atoms with Crippen molar-refractivity contribution in [3.05, 3.63) is 12.2 Å². The van der Waals surface area contributed by atoms with Crippen LogP contribution < -0.4 is 21.3 Å². The van der Waals surface area contributed by atoms with Gasteiger partial charge in [-0.3, -0.25) is 52.7 Å². The van der Waals surface area contributed by atoms with E-state index < -0.39 is 156 Å². The maximum atomic E-state index is 15.1. The lowest BCUT2D eigenvalue weighted by molar-refractivity contribution is -0.157. The van der Waals surface area contributed by atoms with Crippen LogP contribution in [-0.2, 0) is 52.7 Å². The monoisotopic (exact) mass is 1200 g/mol. The van der Waals surface area contributed by atoms with Gasteiger partial charge in [0.15, 0.2) is 0 Å². The fourth-order valence-electron chi connectivity index (χ4n) is 10.7. The quantitative estimate of drug-likeness (QED) is 0.148. The van der Waals surface area contributed by atoms with E-state index in [4.69, 9.17) is 0 Å². The molecule has 1 aliphatic rings. The Kier molecular flexibility index (Phi) is 31.5. The third-order valence-corrected chi connectivity index (χ3v) is 16.1. The highest BCUT2D eigenvalue weighted by molar-refractivity contribution is 5.99. The number of amides is 11. The van der Waals surface area contributed by atoms with Gasteiger partial charge in [-0.2, -0.15) is 0 Å². The van der Waals surface area contributed by atoms with E-state index in [0.29, 0.717) is 6.42 Å². The van der Waals surface area contributed by atoms with Gasteiger partial charge in [0.05, 0.1) is 12.6 Å². The SMILES string of the molecule is C/C=C/C[C@@H](C)[C@H](O)[C@H]1C(=O)N[C@@H](CC)C(=O)N(C)CC(=O)N(C)[C@@H](CC(C)C)C(=O)N[C@@H](C(C)C)C(=O)N(C)[C@@H](CC(C)C)C(=O)N[C@@H](C)C(=O)N[C@H](C)C(=O)N(C)[C@H](CC(C)C)C(=O)N(C)C(CC(C)C)C(=O)N(C)[C@@H](C(C)C)C(=O)N1C. The highest BCUT2D eigenvalue weighted by Crippen LogP contribution is 2.26. The summed E-state index contributed by atoms with van der Waals surface area (Å²) in [6.45, 7) is 29.3. The van der Waals surface area contributed by atoms with E-state index >= 15 is 9.59 Å². The molecule has 0 bridgehead atoms. The van der Waals surface area contributed by atoms with Crippen molar-refractivity contribution in [3.8, 4) is 0 Å². The Labute approximate surface area is 508 Å². The van der Waals surface area contributed by atoms with Crippen molar-refractivity contribution in [2.45, 2.75) is 223 Å². The van der Waals surface area contributed by atoms with Crippen LogP contribution >= 0.6 is 0 Å². The summed E-state index contributed by atoms with van der Waals surface area (Å²) in [6.07, 6.45) is 3.04. The van der Waals surface area contributed by atoms with Crippen LogP contribution in [0, 0.1) is 41.4 Å². The minimum absolute atomic E-state index is 0.0229. The van der Waals surface area contributed by atoms with Crippen LogP contribution in [0.4, 0.5) is 0 Å². The molecule has 486 valence electrons. The Morgan fingerprint density at radius 1 is 0.459 bits per heavy atom. The fraction of sp³-hybridized carbons (Fsp3) is 0.790. The summed E-state index contributed by atoms with van der Waals surface area (Å²) in [5.41, 5.74) is 0. The summed E-state index contributed by atoms with van der Waals surface area (Å²) in [7, 11) is 9.92. The molecule has 1 heterocycles. The number of nitrogens with one attached hydrogen (secondary N) is 4. The van der Waals surface area contributed by atoms with Crippen LogP contribution in [0.2, 0.25) is 0 Å². The van der Waals surface area contributed by atoms with Gasteiger partial charge < -0.3 is 60.7 Å². The molecule has 1 rings (SSSR count). The number of carbonyl (C=O) groups is 11. The first-order valence-electron chi connectivity index (χ1n) is 30.6. The van der Waals surface area contributed by atoms with Gasteiger partial charge in [0.1, 0.15) is 60.4 Å². The summed E-state index contributed by atoms with van der Waals surface area (Å²) in [5, 5.41) is 23.1. The Bertz CT molecular complexity index is 2330. The number of rotatable bonds is 15. The number of aliphatic hydroxyl groups is 1. The lowest BCUT2D eigenvalue weighted by atomic mass is 9.91. The molecule has 0 aromatic carbocycles. The minimum Gasteiger partial charge on any atom is -0.390 e. The molecule has 23 nitrogen and oxygen atoms in total. The summed E-state index contributed by atoms with van der Waals surface area (Å²) < 4.78 is 0. The second kappa shape index (κ2) is 34.9. The molecule has 12 atom stereocenters. The molecule has 11 amide bonds. The predicted octanol–water partition coefficient (Wildman–Crippen LogP) is 3.27. The van der Waals surface area contributed by atoms with E-state index in [-0.39, 0.29) is 55.8 Å². The Morgan fingerprint density at radius 2 is 0.871 bits per heavy atom. The van der Waals surface area contributed by atoms with E-state index in [1.165, 1.54) is 87.7 Å². The van der Waals surface area contributed by atoms with Gasteiger partial charge in [0.2, 0.25) is 65.0 Å². The molecule has 85 heavy (non-hydrogen) atoms. The summed E-state index contributed by atoms with van der Waals surface area (Å²) in [6, 6.07) is -12.3. The van der Waals surface area contributed by atoms with E-state index in [1.54, 1.807) is 54.5 Å². The zero-order valence-corrected chi connectivity index (χ0v) is 56.1. The zero-order valence-electron chi connectivity index (χ0n) is 56.1. The average Bonchev–Trinajstić information content (AvgIpc) is 3.62. The fourth-order valence-corrected chi connectivity index (χ4v) is 10.7. The Morgan fingerprint density at radius 3 is 1.32 bits per heavy atom. The topological polar surface area (TPSA) is 279 Å². The first-order valence-corrected chi connectivity index (χ1v) is 30.6. The highest BCUT2D eigenvalue weighted by Gasteiger charge is 2.45. The molecule has 0 spiro atoms. The van der Waals surface area contributed by atoms with Gasteiger partial charge >= 0.3 is 0 Å². The Balaban J connectivity index is 4.32. The second-order valence-electron chi connectivity index (χ2n) is 26.1. The molecule has 0 aliphatic carbocycles. The molecule has 0 aromatic heterocycles. The van der Waals surface area contributed by atoms with E-state index in [2.05, 4.69) is 21.3 Å². The Hall–Kier alpha value is -6.13. The van der Waals surface area contributed by atoms with E-state index in [1.807, 2.05) is 61.5 Å². The molecule has 0 radical (unpaired) electrons. The van der Waals surface area contributed by atoms with E-state index in [0.717, 1.165) is 9.80 Å². The van der Waals surface area contributed by atoms with Gasteiger partial charge in [-0.25, -0.2) is 0 Å². The van der Waals surface area contributed by atoms with E-state index in [9.17, 15) is 48.3 Å². The third-order valence-electron chi connectivity index (χ3n) is 16.1. The molecule has 23 heteroatoms. The van der Waals surface area contributed by atoms with Crippen molar-refractivity contribution in [2.75, 3.05) is 55.9 Å². The summed E-state index contributed by atoms with van der Waals surface area (Å²) in [4.78, 5) is 169. The maximum Gasteiger partial charge on any atom is 0.246 e. The number of aliphatic hydroxyl groups excluding tert-OH is 1. The molecule has 1 unspecified atom stereocenters. The molecule has 0 aromatic rings. The lowest BCUT2D eigenvalue weighted by Gasteiger charge is -2.41. The number of hydrogen-bond acceptors (Lipinski definition) is 12. The van der Waals surface area contributed by atoms with Crippen LogP contribution in [0.3, 0.4) is 0 Å². The molecule has 1 saturated heterocycles. The maximum absolute atomic E-state index is 15.1. The van der Waals surface area contributed by atoms with Gasteiger partial charge in [0, 0.05) is 49.3 Å². The minimum atomic E-state index is -1.61. The number of nitrogens with zero attached hydrogens (tertiary/aromatic N) is 7. The molecular weight excluding hydrogens is 1090 g/mol. The molecule has 1 fully saturated rings. The van der Waals surface area contributed by atoms with Crippen LogP contribution in [0.1, 0.15) is 156 Å². The van der Waals surface area contributed by atoms with Crippen molar-refractivity contribution in [1.82, 2.24) is 55.6 Å². The normalized spacial score (nSPS) is 26.9. The average molecular weight is 1200 g/mol. The smallest absolute Gasteiger partial charge is 0.246 e. The first kappa shape index (κ1) is 76.9.